The second-order valence-corrected chi connectivity index (χ2v) is 30.8. The number of piperidine rings is 4. The fraction of sp³-hybridized carbons (Fsp3) is 0.443. The minimum absolute atomic E-state index is 0. The number of nitrogens with zero attached hydrogens (tertiary/aromatic N) is 7. The van der Waals surface area contributed by atoms with Crippen LogP contribution in [0.15, 0.2) is 194 Å². The molecule has 26 heteroatoms. The highest BCUT2D eigenvalue weighted by Crippen LogP contribution is 2.35. The Morgan fingerprint density at radius 2 is 1.13 bits per heavy atom. The Hall–Kier alpha value is -8.99. The molecule has 7 aromatic rings. The number of carbonyl (C=O) groups is 5. The van der Waals surface area contributed by atoms with Crippen LogP contribution in [0.3, 0.4) is 0 Å². The summed E-state index contributed by atoms with van der Waals surface area (Å²) in [5.41, 5.74) is 5.45. The number of nitrogens with one attached hydrogen (secondary N) is 6. The molecule has 618 valence electrons. The van der Waals surface area contributed by atoms with Crippen molar-refractivity contribution >= 4 is 87.0 Å². The molecule has 114 heavy (non-hydrogen) atoms. The summed E-state index contributed by atoms with van der Waals surface area (Å²) in [5.74, 6) is 0.711. The van der Waals surface area contributed by atoms with Crippen LogP contribution >= 0.6 is 34.2 Å². The maximum Gasteiger partial charge on any atom is 0.416 e. The van der Waals surface area contributed by atoms with Gasteiger partial charge in [0.2, 0.25) is 0 Å². The topological polar surface area (TPSA) is 199 Å². The largest absolute Gasteiger partial charge is 0.495 e. The first-order chi connectivity index (χ1) is 54.0. The van der Waals surface area contributed by atoms with Gasteiger partial charge in [-0.2, -0.15) is 13.2 Å². The van der Waals surface area contributed by atoms with Crippen LogP contribution in [0.1, 0.15) is 122 Å². The lowest BCUT2D eigenvalue weighted by Gasteiger charge is -2.40. The number of benzene rings is 7. The summed E-state index contributed by atoms with van der Waals surface area (Å²) < 4.78 is 64.6. The molecule has 0 aliphatic carbocycles. The smallest absolute Gasteiger partial charge is 0.416 e. The number of allylic oxidation sites excluding steroid dienone is 1. The van der Waals surface area contributed by atoms with Crippen molar-refractivity contribution in [1.82, 2.24) is 44.9 Å². The van der Waals surface area contributed by atoms with E-state index in [1.807, 2.05) is 77.7 Å². The third kappa shape index (κ3) is 29.7. The highest BCUT2D eigenvalue weighted by molar-refractivity contribution is 14.1. The van der Waals surface area contributed by atoms with Crippen molar-refractivity contribution in [2.24, 2.45) is 5.92 Å². The number of anilines is 4. The molecule has 0 saturated carbocycles. The number of amides is 8. The van der Waals surface area contributed by atoms with Crippen molar-refractivity contribution in [3.05, 3.63) is 231 Å². The third-order valence-corrected chi connectivity index (χ3v) is 22.1. The first-order valence-corrected chi connectivity index (χ1v) is 40.3. The Balaban J connectivity index is 0.000000210. The summed E-state index contributed by atoms with van der Waals surface area (Å²) in [4.78, 5) is 78.2. The molecule has 0 unspecified atom stereocenters. The molecule has 0 spiro atoms. The lowest BCUT2D eigenvalue weighted by atomic mass is 9.99. The number of ether oxygens (including phenoxy) is 2. The van der Waals surface area contributed by atoms with Crippen LogP contribution in [-0.4, -0.2) is 187 Å². The molecule has 6 N–H and O–H groups in total. The Morgan fingerprint density at radius 3 is 1.75 bits per heavy atom. The SMILES string of the molecule is C.C.C=C(C)N1CCC(N(CCCN2CCC(C)CC2)C(=O)Nc2ccccc2OC)CC1.CCN1CCC(N(Cc2ccc(F)cc2)C(=O)Nc2ccccc2Cl)CC1.COC(=O)[C@@H]1C[C@@H](NC(=O)Nc2ccccc2)CN1Cc1ccccc1C(F)(F)F.O=C(Nc1cccc(I)c1)NC1CCN(Cc2ccccc2)CC1. The van der Waals surface area contributed by atoms with Gasteiger partial charge >= 0.3 is 36.3 Å². The highest BCUT2D eigenvalue weighted by Gasteiger charge is 2.41. The average molecular weight is 1710 g/mol. The Morgan fingerprint density at radius 1 is 0.588 bits per heavy atom. The van der Waals surface area contributed by atoms with E-state index in [1.165, 1.54) is 68.9 Å². The molecule has 0 radical (unpaired) electrons. The molecule has 5 heterocycles. The van der Waals surface area contributed by atoms with E-state index in [9.17, 15) is 41.5 Å². The minimum Gasteiger partial charge on any atom is -0.495 e. The fourth-order valence-electron chi connectivity index (χ4n) is 14.7. The van der Waals surface area contributed by atoms with Gasteiger partial charge in [0.15, 0.2) is 0 Å². The number of para-hydroxylation sites is 4. The summed E-state index contributed by atoms with van der Waals surface area (Å²) in [6, 6.07) is 52.3. The van der Waals surface area contributed by atoms with Crippen LogP contribution in [0.2, 0.25) is 5.02 Å². The van der Waals surface area contributed by atoms with E-state index < -0.39 is 35.8 Å². The summed E-state index contributed by atoms with van der Waals surface area (Å²) in [6.07, 6.45) is 5.12. The van der Waals surface area contributed by atoms with Crippen LogP contribution in [0.25, 0.3) is 0 Å². The molecule has 8 amide bonds. The second-order valence-electron chi connectivity index (χ2n) is 29.2. The lowest BCUT2D eigenvalue weighted by Crippen LogP contribution is -2.49. The van der Waals surface area contributed by atoms with Gasteiger partial charge in [-0.3, -0.25) is 14.6 Å². The van der Waals surface area contributed by atoms with Gasteiger partial charge in [-0.05, 0) is 215 Å². The number of carbonyl (C=O) groups excluding carboxylic acids is 5. The average Bonchev–Trinajstić information content (AvgIpc) is 1.63. The van der Waals surface area contributed by atoms with Crippen LogP contribution < -0.4 is 36.6 Å². The summed E-state index contributed by atoms with van der Waals surface area (Å²) in [5, 5.41) is 18.0. The van der Waals surface area contributed by atoms with Gasteiger partial charge in [0.1, 0.15) is 17.6 Å². The van der Waals surface area contributed by atoms with Gasteiger partial charge in [-0.25, -0.2) is 23.6 Å². The highest BCUT2D eigenvalue weighted by atomic mass is 127. The van der Waals surface area contributed by atoms with Crippen LogP contribution in [0.4, 0.5) is 59.5 Å². The normalized spacial score (nSPS) is 17.2. The number of methoxy groups -OCH3 is 2. The monoisotopic (exact) mass is 1710 g/mol. The summed E-state index contributed by atoms with van der Waals surface area (Å²) in [7, 11) is 2.86. The standard InChI is InChI=1S/C25H40N4O2.C21H25ClFN3O.C21H22F3N3O3.C19H22IN3O.2CH4/c1-20(2)28-18-12-22(13-19-28)29(15-7-14-27-16-10-21(3)11-17-27)25(30)26-23-8-5-6-9-24(23)31-4;1-2-25-13-11-18(12-14-25)26(15-16-7-9-17(23)10-8-16)21(27)24-20-6-4-3-5-19(20)22;1-30-19(28)18-11-16(26-20(29)25-15-8-3-2-4-9-15)13-27(18)12-14-7-5-6-10-17(14)21(22,23)24;20-16-7-4-8-18(13-16)22-19(24)21-17-9-11-23(12-10-17)14-15-5-2-1-3-6-15;;/h5-6,8-9,21-22H,1,7,10-19H2,2-4H3,(H,26,30);3-10,18H,2,11-15H2,1H3,(H,24,27);2-10,16,18H,11-13H2,1H3,(H2,25,26,29);1-8,13,17H,9-12,14H2,(H2,21,22,24);2*1H4/t;;16-,18+;;;/m..1.../s1. The predicted octanol–water partition coefficient (Wildman–Crippen LogP) is 18.6. The summed E-state index contributed by atoms with van der Waals surface area (Å²) in [6.45, 7) is 23.3. The number of hydrogen-bond donors (Lipinski definition) is 6. The Labute approximate surface area is 691 Å². The molecule has 0 aromatic heterocycles. The quantitative estimate of drug-likeness (QED) is 0.0214. The zero-order valence-electron chi connectivity index (χ0n) is 64.9. The number of likely N-dealkylation sites (tertiary alicyclic amines) is 5. The molecule has 5 fully saturated rings. The van der Waals surface area contributed by atoms with Crippen LogP contribution in [0.5, 0.6) is 5.75 Å². The van der Waals surface area contributed by atoms with Gasteiger partial charge in [0.25, 0.3) is 0 Å². The third-order valence-electron chi connectivity index (χ3n) is 21.1. The van der Waals surface area contributed by atoms with Crippen molar-refractivity contribution in [2.45, 2.75) is 156 Å². The fourth-order valence-corrected chi connectivity index (χ4v) is 15.5. The van der Waals surface area contributed by atoms with Gasteiger partial charge in [0.05, 0.1) is 36.2 Å². The van der Waals surface area contributed by atoms with Gasteiger partial charge in [-0.1, -0.05) is 156 Å². The van der Waals surface area contributed by atoms with Gasteiger partial charge in [-0.15, -0.1) is 0 Å². The molecular weight excluding hydrogens is 1590 g/mol. The molecule has 5 saturated heterocycles. The van der Waals surface area contributed by atoms with Crippen LogP contribution in [0, 0.1) is 15.3 Å². The maximum absolute atomic E-state index is 13.3. The number of alkyl halides is 3. The minimum atomic E-state index is -4.50. The molecule has 7 aromatic carbocycles. The Bertz CT molecular complexity index is 4090. The van der Waals surface area contributed by atoms with E-state index in [1.54, 1.807) is 60.5 Å². The van der Waals surface area contributed by atoms with Crippen molar-refractivity contribution < 1.29 is 51.0 Å². The van der Waals surface area contributed by atoms with E-state index in [4.69, 9.17) is 21.1 Å². The van der Waals surface area contributed by atoms with E-state index >= 15 is 0 Å². The van der Waals surface area contributed by atoms with Gasteiger partial charge < -0.3 is 65.9 Å². The van der Waals surface area contributed by atoms with E-state index in [2.05, 4.69) is 131 Å². The Kier molecular flexibility index (Phi) is 38.1. The van der Waals surface area contributed by atoms with Crippen molar-refractivity contribution in [3.8, 4) is 5.75 Å². The van der Waals surface area contributed by atoms with E-state index in [0.29, 0.717) is 28.7 Å². The second kappa shape index (κ2) is 47.1. The molecule has 5 aliphatic heterocycles. The van der Waals surface area contributed by atoms with Crippen LogP contribution in [-0.2, 0) is 35.3 Å². The molecule has 12 rings (SSSR count). The zero-order chi connectivity index (χ0) is 79.9. The van der Waals surface area contributed by atoms with E-state index in [0.717, 1.165) is 149 Å². The number of urea groups is 4. The number of esters is 1. The first-order valence-electron chi connectivity index (χ1n) is 38.8. The first kappa shape index (κ1) is 92.2. The molecular formula is C88H117ClF4IN13O7. The maximum atomic E-state index is 13.3. The van der Waals surface area contributed by atoms with Crippen molar-refractivity contribution in [3.63, 3.8) is 0 Å². The van der Waals surface area contributed by atoms with E-state index in [-0.39, 0.29) is 82.0 Å². The van der Waals surface area contributed by atoms with Crippen molar-refractivity contribution in [1.29, 1.82) is 0 Å². The lowest BCUT2D eigenvalue weighted by molar-refractivity contribution is -0.146. The number of rotatable bonds is 22. The molecule has 2 atom stereocenters. The molecule has 5 aliphatic rings. The van der Waals surface area contributed by atoms with Crippen molar-refractivity contribution in [2.75, 3.05) is 114 Å². The predicted molar refractivity (Wildman–Crippen MR) is 459 cm³/mol. The van der Waals surface area contributed by atoms with Gasteiger partial charge in [0, 0.05) is 117 Å². The molecule has 0 bridgehead atoms. The number of hydrogen-bond acceptors (Lipinski definition) is 12. The summed E-state index contributed by atoms with van der Waals surface area (Å²) >= 11 is 8.43. The molecule has 20 nitrogen and oxygen atoms in total. The number of halogens is 6. The zero-order valence-corrected chi connectivity index (χ0v) is 67.8.